The zero-order valence-electron chi connectivity index (χ0n) is 10.5. The third-order valence-electron chi connectivity index (χ3n) is 3.05. The minimum Gasteiger partial charge on any atom is -0.467 e. The SMILES string of the molecule is c1ccc(C(NCc2ccsc2)c2ccco2)cc1. The molecule has 0 saturated carbocycles. The van der Waals surface area contributed by atoms with Crippen LogP contribution in [0.2, 0.25) is 0 Å². The molecule has 1 unspecified atom stereocenters. The quantitative estimate of drug-likeness (QED) is 0.750. The molecule has 3 heteroatoms. The molecular formula is C16H15NOS. The lowest BCUT2D eigenvalue weighted by atomic mass is 10.0. The van der Waals surface area contributed by atoms with Crippen LogP contribution in [0, 0.1) is 0 Å². The van der Waals surface area contributed by atoms with E-state index in [2.05, 4.69) is 46.4 Å². The molecule has 2 heterocycles. The zero-order chi connectivity index (χ0) is 12.9. The van der Waals surface area contributed by atoms with Gasteiger partial charge in [-0.25, -0.2) is 0 Å². The van der Waals surface area contributed by atoms with Crippen LogP contribution in [0.1, 0.15) is 22.9 Å². The molecule has 1 N–H and O–H groups in total. The molecule has 0 spiro atoms. The van der Waals surface area contributed by atoms with Crippen LogP contribution in [0.15, 0.2) is 70.0 Å². The van der Waals surface area contributed by atoms with Gasteiger partial charge in [0.25, 0.3) is 0 Å². The van der Waals surface area contributed by atoms with Crippen molar-refractivity contribution in [3.05, 3.63) is 82.4 Å². The Balaban J connectivity index is 1.81. The van der Waals surface area contributed by atoms with Gasteiger partial charge in [0.2, 0.25) is 0 Å². The normalized spacial score (nSPS) is 12.4. The van der Waals surface area contributed by atoms with Crippen LogP contribution < -0.4 is 5.32 Å². The maximum absolute atomic E-state index is 5.56. The molecule has 3 rings (SSSR count). The Morgan fingerprint density at radius 1 is 1.05 bits per heavy atom. The fraction of sp³-hybridized carbons (Fsp3) is 0.125. The number of hydrogen-bond acceptors (Lipinski definition) is 3. The maximum Gasteiger partial charge on any atom is 0.125 e. The van der Waals surface area contributed by atoms with E-state index in [1.807, 2.05) is 18.2 Å². The second-order valence-corrected chi connectivity index (χ2v) is 5.15. The van der Waals surface area contributed by atoms with Crippen molar-refractivity contribution in [1.82, 2.24) is 5.32 Å². The van der Waals surface area contributed by atoms with Crippen LogP contribution in [-0.4, -0.2) is 0 Å². The number of hydrogen-bond donors (Lipinski definition) is 1. The second-order valence-electron chi connectivity index (χ2n) is 4.37. The summed E-state index contributed by atoms with van der Waals surface area (Å²) in [5, 5.41) is 7.82. The number of nitrogens with one attached hydrogen (secondary N) is 1. The number of rotatable bonds is 5. The van der Waals surface area contributed by atoms with Crippen molar-refractivity contribution in [3.8, 4) is 0 Å². The lowest BCUT2D eigenvalue weighted by molar-refractivity contribution is 0.446. The van der Waals surface area contributed by atoms with E-state index in [1.165, 1.54) is 11.1 Å². The van der Waals surface area contributed by atoms with Gasteiger partial charge in [0.05, 0.1) is 12.3 Å². The minimum atomic E-state index is 0.0936. The van der Waals surface area contributed by atoms with Crippen molar-refractivity contribution in [2.75, 3.05) is 0 Å². The van der Waals surface area contributed by atoms with Gasteiger partial charge in [0.1, 0.15) is 5.76 Å². The summed E-state index contributed by atoms with van der Waals surface area (Å²) in [4.78, 5) is 0. The van der Waals surface area contributed by atoms with Crippen molar-refractivity contribution >= 4 is 11.3 Å². The first kappa shape index (κ1) is 12.2. The fourth-order valence-corrected chi connectivity index (χ4v) is 2.77. The Morgan fingerprint density at radius 2 is 1.95 bits per heavy atom. The van der Waals surface area contributed by atoms with Crippen LogP contribution in [0.5, 0.6) is 0 Å². The van der Waals surface area contributed by atoms with Crippen molar-refractivity contribution in [2.24, 2.45) is 0 Å². The van der Waals surface area contributed by atoms with Gasteiger partial charge in [-0.15, -0.1) is 0 Å². The lowest BCUT2D eigenvalue weighted by Crippen LogP contribution is -2.21. The monoisotopic (exact) mass is 269 g/mol. The Morgan fingerprint density at radius 3 is 2.63 bits per heavy atom. The van der Waals surface area contributed by atoms with Crippen LogP contribution in [0.4, 0.5) is 0 Å². The summed E-state index contributed by atoms with van der Waals surface area (Å²) in [7, 11) is 0. The summed E-state index contributed by atoms with van der Waals surface area (Å²) in [6, 6.07) is 16.5. The number of thiophene rings is 1. The Bertz CT molecular complexity index is 587. The molecule has 96 valence electrons. The highest BCUT2D eigenvalue weighted by molar-refractivity contribution is 7.07. The van der Waals surface area contributed by atoms with E-state index < -0.39 is 0 Å². The van der Waals surface area contributed by atoms with E-state index in [0.717, 1.165) is 12.3 Å². The number of furan rings is 1. The van der Waals surface area contributed by atoms with Gasteiger partial charge in [-0.2, -0.15) is 11.3 Å². The molecule has 3 aromatic rings. The highest BCUT2D eigenvalue weighted by Crippen LogP contribution is 2.23. The van der Waals surface area contributed by atoms with Crippen LogP contribution in [0.25, 0.3) is 0 Å². The zero-order valence-corrected chi connectivity index (χ0v) is 11.3. The molecular weight excluding hydrogens is 254 g/mol. The first-order chi connectivity index (χ1) is 9.43. The predicted octanol–water partition coefficient (Wildman–Crippen LogP) is 4.22. The Labute approximate surface area is 116 Å². The third kappa shape index (κ3) is 2.95. The molecule has 1 atom stereocenters. The molecule has 0 saturated heterocycles. The van der Waals surface area contributed by atoms with Gasteiger partial charge in [-0.3, -0.25) is 5.32 Å². The van der Waals surface area contributed by atoms with Gasteiger partial charge >= 0.3 is 0 Å². The molecule has 0 fully saturated rings. The molecule has 0 bridgehead atoms. The Hall–Kier alpha value is -1.84. The van der Waals surface area contributed by atoms with E-state index in [0.29, 0.717) is 0 Å². The van der Waals surface area contributed by atoms with Crippen LogP contribution in [0.3, 0.4) is 0 Å². The maximum atomic E-state index is 5.56. The van der Waals surface area contributed by atoms with Crippen molar-refractivity contribution in [3.63, 3.8) is 0 Å². The van der Waals surface area contributed by atoms with Gasteiger partial charge in [-0.1, -0.05) is 30.3 Å². The first-order valence-corrected chi connectivity index (χ1v) is 7.20. The van der Waals surface area contributed by atoms with Gasteiger partial charge in [0.15, 0.2) is 0 Å². The molecule has 0 radical (unpaired) electrons. The molecule has 2 aromatic heterocycles. The molecule has 0 amide bonds. The molecule has 0 aliphatic heterocycles. The minimum absolute atomic E-state index is 0.0936. The van der Waals surface area contributed by atoms with Crippen molar-refractivity contribution in [2.45, 2.75) is 12.6 Å². The summed E-state index contributed by atoms with van der Waals surface area (Å²) in [6.45, 7) is 0.837. The standard InChI is InChI=1S/C16H15NOS/c1-2-5-14(6-3-1)16(15-7-4-9-18-15)17-11-13-8-10-19-12-13/h1-10,12,16-17H,11H2. The lowest BCUT2D eigenvalue weighted by Gasteiger charge is -2.16. The van der Waals surface area contributed by atoms with E-state index in [9.17, 15) is 0 Å². The number of benzene rings is 1. The average Bonchev–Trinajstić information content (AvgIpc) is 3.13. The third-order valence-corrected chi connectivity index (χ3v) is 3.78. The Kier molecular flexibility index (Phi) is 3.77. The summed E-state index contributed by atoms with van der Waals surface area (Å²) >= 11 is 1.72. The van der Waals surface area contributed by atoms with E-state index >= 15 is 0 Å². The first-order valence-electron chi connectivity index (χ1n) is 6.26. The largest absolute Gasteiger partial charge is 0.467 e. The smallest absolute Gasteiger partial charge is 0.125 e. The molecule has 2 nitrogen and oxygen atoms in total. The van der Waals surface area contributed by atoms with Crippen molar-refractivity contribution in [1.29, 1.82) is 0 Å². The highest BCUT2D eigenvalue weighted by Gasteiger charge is 2.15. The second kappa shape index (κ2) is 5.87. The van der Waals surface area contributed by atoms with E-state index in [4.69, 9.17) is 4.42 Å². The van der Waals surface area contributed by atoms with E-state index in [-0.39, 0.29) is 6.04 Å². The summed E-state index contributed by atoms with van der Waals surface area (Å²) in [5.41, 5.74) is 2.52. The van der Waals surface area contributed by atoms with Gasteiger partial charge in [-0.05, 0) is 40.1 Å². The van der Waals surface area contributed by atoms with Crippen LogP contribution in [-0.2, 0) is 6.54 Å². The van der Waals surface area contributed by atoms with Gasteiger partial charge in [0, 0.05) is 6.54 Å². The van der Waals surface area contributed by atoms with E-state index in [1.54, 1.807) is 17.6 Å². The molecule has 0 aliphatic carbocycles. The molecule has 19 heavy (non-hydrogen) atoms. The van der Waals surface area contributed by atoms with Crippen LogP contribution >= 0.6 is 11.3 Å². The molecule has 1 aromatic carbocycles. The predicted molar refractivity (Wildman–Crippen MR) is 78.2 cm³/mol. The van der Waals surface area contributed by atoms with Gasteiger partial charge < -0.3 is 4.42 Å². The summed E-state index contributed by atoms with van der Waals surface area (Å²) in [6.07, 6.45) is 1.72. The van der Waals surface area contributed by atoms with Crippen molar-refractivity contribution < 1.29 is 4.42 Å². The summed E-state index contributed by atoms with van der Waals surface area (Å²) in [5.74, 6) is 0.946. The summed E-state index contributed by atoms with van der Waals surface area (Å²) < 4.78 is 5.56. The fourth-order valence-electron chi connectivity index (χ4n) is 2.10. The average molecular weight is 269 g/mol. The topological polar surface area (TPSA) is 25.2 Å². The molecule has 0 aliphatic rings. The highest BCUT2D eigenvalue weighted by atomic mass is 32.1.